The summed E-state index contributed by atoms with van der Waals surface area (Å²) in [6.07, 6.45) is 6.47. The average molecular weight is 474 g/mol. The van der Waals surface area contributed by atoms with Gasteiger partial charge in [-0.1, -0.05) is 0 Å². The first-order valence-electron chi connectivity index (χ1n) is 11.0. The number of fused-ring (bicyclic) bond motifs is 1. The number of thiazole rings is 1. The van der Waals surface area contributed by atoms with Crippen LogP contribution in [0.5, 0.6) is 0 Å². The van der Waals surface area contributed by atoms with Crippen LogP contribution in [-0.2, 0) is 4.74 Å². The Morgan fingerprint density at radius 1 is 1.33 bits per heavy atom. The summed E-state index contributed by atoms with van der Waals surface area (Å²) in [6, 6.07) is 1.09. The topological polar surface area (TPSA) is 110 Å². The molecular formula is C22H24FN5O4S. The lowest BCUT2D eigenvalue weighted by Gasteiger charge is -2.40. The van der Waals surface area contributed by atoms with Crippen molar-refractivity contribution < 1.29 is 19.0 Å². The first-order chi connectivity index (χ1) is 16.0. The van der Waals surface area contributed by atoms with E-state index >= 15 is 0 Å². The van der Waals surface area contributed by atoms with Crippen molar-refractivity contribution in [2.24, 2.45) is 5.92 Å². The second-order valence-corrected chi connectivity index (χ2v) is 9.32. The minimum absolute atomic E-state index is 0.0856. The Balaban J connectivity index is 1.36. The smallest absolute Gasteiger partial charge is 0.341 e. The van der Waals surface area contributed by atoms with Crippen molar-refractivity contribution in [3.63, 3.8) is 0 Å². The lowest BCUT2D eigenvalue weighted by atomic mass is 9.99. The number of carboxylic acid groups (broad SMARTS) is 1. The predicted octanol–water partition coefficient (Wildman–Crippen LogP) is 2.27. The Labute approximate surface area is 192 Å². The van der Waals surface area contributed by atoms with Crippen LogP contribution in [0, 0.1) is 11.7 Å². The van der Waals surface area contributed by atoms with Gasteiger partial charge in [0.05, 0.1) is 11.5 Å². The first kappa shape index (κ1) is 21.9. The minimum atomic E-state index is -1.38. The fourth-order valence-corrected chi connectivity index (χ4v) is 4.98. The summed E-state index contributed by atoms with van der Waals surface area (Å²) in [5.41, 5.74) is -1.03. The maximum atomic E-state index is 15.0. The Hall–Kier alpha value is -2.89. The largest absolute Gasteiger partial charge is 0.477 e. The molecule has 2 N–H and O–H groups in total. The third-order valence-electron chi connectivity index (χ3n) is 6.10. The highest BCUT2D eigenvalue weighted by molar-refractivity contribution is 7.12. The molecule has 1 unspecified atom stereocenters. The molecule has 3 aromatic heterocycles. The van der Waals surface area contributed by atoms with Crippen LogP contribution in [0.3, 0.4) is 0 Å². The molecule has 0 spiro atoms. The normalized spacial score (nSPS) is 19.1. The Morgan fingerprint density at radius 2 is 2.18 bits per heavy atom. The predicted molar refractivity (Wildman–Crippen MR) is 122 cm³/mol. The lowest BCUT2D eigenvalue weighted by Crippen LogP contribution is -2.52. The van der Waals surface area contributed by atoms with E-state index in [0.717, 1.165) is 38.6 Å². The summed E-state index contributed by atoms with van der Waals surface area (Å²) in [7, 11) is 0. The zero-order valence-corrected chi connectivity index (χ0v) is 18.7. The second-order valence-electron chi connectivity index (χ2n) is 8.44. The minimum Gasteiger partial charge on any atom is -0.477 e. The number of hydrogen-bond acceptors (Lipinski definition) is 8. The number of anilines is 1. The SMILES string of the molecule is O=C(O)c1cn(-c2nccs2)c2nc(N3CC(CNCC4CCCCO4)C3)c(F)cc2c1=O. The summed E-state index contributed by atoms with van der Waals surface area (Å²) in [6.45, 7) is 3.75. The number of halogens is 1. The zero-order valence-electron chi connectivity index (χ0n) is 17.9. The van der Waals surface area contributed by atoms with Gasteiger partial charge in [0, 0.05) is 56.5 Å². The van der Waals surface area contributed by atoms with Crippen LogP contribution in [-0.4, -0.2) is 64.5 Å². The molecule has 2 aliphatic rings. The number of pyridine rings is 2. The highest BCUT2D eigenvalue weighted by Crippen LogP contribution is 2.28. The van der Waals surface area contributed by atoms with Crippen molar-refractivity contribution in [3.05, 3.63) is 45.4 Å². The molecular weight excluding hydrogens is 449 g/mol. The van der Waals surface area contributed by atoms with Crippen LogP contribution in [0.15, 0.2) is 28.6 Å². The zero-order chi connectivity index (χ0) is 22.9. The van der Waals surface area contributed by atoms with E-state index in [4.69, 9.17) is 4.74 Å². The molecule has 1 atom stereocenters. The highest BCUT2D eigenvalue weighted by Gasteiger charge is 2.31. The molecule has 5 rings (SSSR count). The van der Waals surface area contributed by atoms with Crippen molar-refractivity contribution in [2.75, 3.05) is 37.7 Å². The molecule has 5 heterocycles. The molecule has 0 amide bonds. The van der Waals surface area contributed by atoms with Gasteiger partial charge in [-0.15, -0.1) is 11.3 Å². The molecule has 0 saturated carbocycles. The molecule has 9 nitrogen and oxygen atoms in total. The number of nitrogens with one attached hydrogen (secondary N) is 1. The van der Waals surface area contributed by atoms with Crippen molar-refractivity contribution in [1.82, 2.24) is 19.9 Å². The fraction of sp³-hybridized carbons (Fsp3) is 0.455. The first-order valence-corrected chi connectivity index (χ1v) is 11.9. The monoisotopic (exact) mass is 473 g/mol. The number of aromatic carboxylic acids is 1. The molecule has 0 radical (unpaired) electrons. The van der Waals surface area contributed by atoms with Gasteiger partial charge in [-0.25, -0.2) is 19.2 Å². The van der Waals surface area contributed by atoms with E-state index in [1.807, 2.05) is 4.90 Å². The molecule has 0 aliphatic carbocycles. The summed E-state index contributed by atoms with van der Waals surface area (Å²) in [4.78, 5) is 34.7. The van der Waals surface area contributed by atoms with Crippen LogP contribution in [0.2, 0.25) is 0 Å². The number of rotatable bonds is 7. The van der Waals surface area contributed by atoms with Crippen molar-refractivity contribution in [2.45, 2.75) is 25.4 Å². The second kappa shape index (κ2) is 9.16. The van der Waals surface area contributed by atoms with Crippen LogP contribution < -0.4 is 15.6 Å². The molecule has 0 bridgehead atoms. The van der Waals surface area contributed by atoms with Gasteiger partial charge >= 0.3 is 5.97 Å². The van der Waals surface area contributed by atoms with Crippen LogP contribution in [0.4, 0.5) is 10.2 Å². The Morgan fingerprint density at radius 3 is 2.88 bits per heavy atom. The Bertz CT molecular complexity index is 1220. The molecule has 11 heteroatoms. The van der Waals surface area contributed by atoms with Crippen LogP contribution >= 0.6 is 11.3 Å². The summed E-state index contributed by atoms with van der Waals surface area (Å²) in [5.74, 6) is -1.51. The summed E-state index contributed by atoms with van der Waals surface area (Å²) >= 11 is 1.27. The molecule has 2 aliphatic heterocycles. The average Bonchev–Trinajstić information content (AvgIpc) is 3.31. The van der Waals surface area contributed by atoms with E-state index in [2.05, 4.69) is 15.3 Å². The van der Waals surface area contributed by atoms with E-state index in [-0.39, 0.29) is 23.0 Å². The summed E-state index contributed by atoms with van der Waals surface area (Å²) < 4.78 is 22.1. The third kappa shape index (κ3) is 4.35. The fourth-order valence-electron chi connectivity index (χ4n) is 4.36. The molecule has 174 valence electrons. The van der Waals surface area contributed by atoms with Gasteiger partial charge < -0.3 is 20.1 Å². The third-order valence-corrected chi connectivity index (χ3v) is 6.88. The number of carbonyl (C=O) groups is 1. The van der Waals surface area contributed by atoms with Gasteiger partial charge in [0.25, 0.3) is 0 Å². The van der Waals surface area contributed by atoms with Crippen molar-refractivity contribution >= 4 is 34.2 Å². The van der Waals surface area contributed by atoms with Gasteiger partial charge in [-0.3, -0.25) is 9.36 Å². The van der Waals surface area contributed by atoms with Gasteiger partial charge in [-0.05, 0) is 25.3 Å². The number of hydrogen-bond donors (Lipinski definition) is 2. The molecule has 2 saturated heterocycles. The molecule has 33 heavy (non-hydrogen) atoms. The van der Waals surface area contributed by atoms with E-state index in [0.29, 0.717) is 24.1 Å². The maximum Gasteiger partial charge on any atom is 0.341 e. The standard InChI is InChI=1S/C22H24FN5O4S/c23-17-7-15-18(29)16(21(30)31)12-28(22-25-4-6-33-22)19(15)26-20(17)27-10-13(11-27)8-24-9-14-3-1-2-5-32-14/h4,6-7,12-14,24H,1-3,5,8-11H2,(H,30,31). The van der Waals surface area contributed by atoms with Crippen molar-refractivity contribution in [3.8, 4) is 5.13 Å². The number of nitrogens with zero attached hydrogens (tertiary/aromatic N) is 4. The van der Waals surface area contributed by atoms with Gasteiger partial charge in [0.2, 0.25) is 5.43 Å². The molecule has 3 aromatic rings. The van der Waals surface area contributed by atoms with E-state index < -0.39 is 22.8 Å². The molecule has 0 aromatic carbocycles. The molecule has 2 fully saturated rings. The van der Waals surface area contributed by atoms with Crippen LogP contribution in [0.1, 0.15) is 29.6 Å². The number of carboxylic acids is 1. The van der Waals surface area contributed by atoms with Gasteiger partial charge in [0.1, 0.15) is 5.56 Å². The number of aromatic nitrogens is 3. The van der Waals surface area contributed by atoms with E-state index in [1.54, 1.807) is 11.6 Å². The number of ether oxygens (including phenoxy) is 1. The highest BCUT2D eigenvalue weighted by atomic mass is 32.1. The van der Waals surface area contributed by atoms with E-state index in [1.165, 1.54) is 28.5 Å². The van der Waals surface area contributed by atoms with E-state index in [9.17, 15) is 19.1 Å². The van der Waals surface area contributed by atoms with Crippen molar-refractivity contribution in [1.29, 1.82) is 0 Å². The lowest BCUT2D eigenvalue weighted by molar-refractivity contribution is 0.0163. The van der Waals surface area contributed by atoms with Gasteiger partial charge in [-0.2, -0.15) is 0 Å². The Kier molecular flexibility index (Phi) is 6.09. The van der Waals surface area contributed by atoms with Crippen LogP contribution in [0.25, 0.3) is 16.2 Å². The summed E-state index contributed by atoms with van der Waals surface area (Å²) in [5, 5.41) is 15.0. The maximum absolute atomic E-state index is 15.0. The van der Waals surface area contributed by atoms with Gasteiger partial charge in [0.15, 0.2) is 22.4 Å². The quantitative estimate of drug-likeness (QED) is 0.538.